The van der Waals surface area contributed by atoms with Gasteiger partial charge in [-0.2, -0.15) is 0 Å². The van der Waals surface area contributed by atoms with Crippen molar-refractivity contribution < 1.29 is 4.79 Å². The van der Waals surface area contributed by atoms with Gasteiger partial charge in [0.15, 0.2) is 0 Å². The molecule has 0 radical (unpaired) electrons. The van der Waals surface area contributed by atoms with Crippen LogP contribution >= 0.6 is 0 Å². The van der Waals surface area contributed by atoms with E-state index in [1.165, 1.54) is 0 Å². The van der Waals surface area contributed by atoms with Gasteiger partial charge in [0, 0.05) is 0 Å². The van der Waals surface area contributed by atoms with Gasteiger partial charge in [-0.1, -0.05) is 84.9 Å². The first-order chi connectivity index (χ1) is 10.4. The maximum absolute atomic E-state index is 11.7. The van der Waals surface area contributed by atoms with Crippen molar-refractivity contribution in [1.82, 2.24) is 0 Å². The van der Waals surface area contributed by atoms with Crippen molar-refractivity contribution in [3.8, 4) is 11.1 Å². The van der Waals surface area contributed by atoms with E-state index in [1.807, 2.05) is 66.7 Å². The summed E-state index contributed by atoms with van der Waals surface area (Å²) in [7, 11) is 0. The smallest absolute Gasteiger partial charge is 0.131 e. The number of aldehydes is 1. The molecule has 1 heteroatoms. The van der Waals surface area contributed by atoms with E-state index in [1.54, 1.807) is 0 Å². The molecular formula is C20H16O. The summed E-state index contributed by atoms with van der Waals surface area (Å²) >= 11 is 0. The van der Waals surface area contributed by atoms with Crippen molar-refractivity contribution >= 4 is 6.29 Å². The number of carbonyl (C=O) groups is 1. The highest BCUT2D eigenvalue weighted by Crippen LogP contribution is 2.32. The van der Waals surface area contributed by atoms with Gasteiger partial charge in [-0.05, 0) is 22.3 Å². The molecule has 0 saturated carbocycles. The fourth-order valence-corrected chi connectivity index (χ4v) is 2.64. The van der Waals surface area contributed by atoms with Crippen molar-refractivity contribution in [3.63, 3.8) is 0 Å². The van der Waals surface area contributed by atoms with Crippen LogP contribution in [0.25, 0.3) is 11.1 Å². The van der Waals surface area contributed by atoms with Crippen LogP contribution in [0.1, 0.15) is 17.0 Å². The van der Waals surface area contributed by atoms with E-state index >= 15 is 0 Å². The standard InChI is InChI=1S/C20H16O/c21-15-20(17-11-5-2-6-12-17)19-14-8-7-13-18(19)16-9-3-1-4-10-16/h1-15,20H. The molecule has 0 aromatic heterocycles. The monoisotopic (exact) mass is 272 g/mol. The summed E-state index contributed by atoms with van der Waals surface area (Å²) in [5.74, 6) is -0.234. The number of hydrogen-bond acceptors (Lipinski definition) is 1. The topological polar surface area (TPSA) is 17.1 Å². The lowest BCUT2D eigenvalue weighted by atomic mass is 9.87. The summed E-state index contributed by atoms with van der Waals surface area (Å²) in [6.45, 7) is 0. The molecule has 0 N–H and O–H groups in total. The maximum Gasteiger partial charge on any atom is 0.131 e. The van der Waals surface area contributed by atoms with Crippen molar-refractivity contribution in [2.24, 2.45) is 0 Å². The van der Waals surface area contributed by atoms with E-state index in [0.717, 1.165) is 28.5 Å². The Labute approximate surface area is 124 Å². The number of benzene rings is 3. The first-order valence-corrected chi connectivity index (χ1v) is 7.05. The van der Waals surface area contributed by atoms with Gasteiger partial charge in [0.05, 0.1) is 5.92 Å². The van der Waals surface area contributed by atoms with Crippen molar-refractivity contribution in [2.45, 2.75) is 5.92 Å². The molecule has 102 valence electrons. The average molecular weight is 272 g/mol. The van der Waals surface area contributed by atoms with Gasteiger partial charge < -0.3 is 4.79 Å². The minimum absolute atomic E-state index is 0.234. The van der Waals surface area contributed by atoms with Crippen LogP contribution in [0.4, 0.5) is 0 Å². The molecule has 0 aliphatic rings. The Kier molecular flexibility index (Phi) is 3.92. The largest absolute Gasteiger partial charge is 0.302 e. The lowest BCUT2D eigenvalue weighted by Crippen LogP contribution is -2.04. The molecule has 0 heterocycles. The Balaban J connectivity index is 2.12. The van der Waals surface area contributed by atoms with Gasteiger partial charge >= 0.3 is 0 Å². The van der Waals surface area contributed by atoms with Crippen molar-refractivity contribution in [3.05, 3.63) is 96.1 Å². The van der Waals surface area contributed by atoms with E-state index in [0.29, 0.717) is 0 Å². The first kappa shape index (κ1) is 13.3. The third kappa shape index (κ3) is 2.77. The minimum Gasteiger partial charge on any atom is -0.302 e. The van der Waals surface area contributed by atoms with Crippen molar-refractivity contribution in [1.29, 1.82) is 0 Å². The molecule has 3 rings (SSSR count). The molecule has 1 nitrogen and oxygen atoms in total. The lowest BCUT2D eigenvalue weighted by molar-refractivity contribution is -0.108. The van der Waals surface area contributed by atoms with Crippen LogP contribution in [0.5, 0.6) is 0 Å². The third-order valence-corrected chi connectivity index (χ3v) is 3.68. The predicted octanol–water partition coefficient (Wildman–Crippen LogP) is 4.68. The number of rotatable bonds is 4. The molecule has 0 spiro atoms. The van der Waals surface area contributed by atoms with Gasteiger partial charge in [0.25, 0.3) is 0 Å². The molecule has 1 unspecified atom stereocenters. The lowest BCUT2D eigenvalue weighted by Gasteiger charge is -2.16. The fourth-order valence-electron chi connectivity index (χ4n) is 2.64. The average Bonchev–Trinajstić information content (AvgIpc) is 2.58. The van der Waals surface area contributed by atoms with E-state index in [-0.39, 0.29) is 5.92 Å². The van der Waals surface area contributed by atoms with E-state index in [2.05, 4.69) is 18.2 Å². The van der Waals surface area contributed by atoms with Gasteiger partial charge in [-0.15, -0.1) is 0 Å². The Bertz CT molecular complexity index is 717. The Morgan fingerprint density at radius 2 is 1.24 bits per heavy atom. The van der Waals surface area contributed by atoms with Crippen LogP contribution in [0.2, 0.25) is 0 Å². The van der Waals surface area contributed by atoms with Gasteiger partial charge in [-0.3, -0.25) is 0 Å². The molecule has 0 saturated heterocycles. The normalized spacial score (nSPS) is 11.8. The molecule has 0 aliphatic carbocycles. The second-order valence-electron chi connectivity index (χ2n) is 4.98. The molecule has 1 atom stereocenters. The predicted molar refractivity (Wildman–Crippen MR) is 86.2 cm³/mol. The molecular weight excluding hydrogens is 256 g/mol. The Hall–Kier alpha value is -2.67. The quantitative estimate of drug-likeness (QED) is 0.630. The SMILES string of the molecule is O=CC(c1ccccc1)c1ccccc1-c1ccccc1. The second-order valence-corrected chi connectivity index (χ2v) is 4.98. The van der Waals surface area contributed by atoms with Crippen LogP contribution in [0, 0.1) is 0 Å². The van der Waals surface area contributed by atoms with Crippen LogP contribution in [-0.4, -0.2) is 6.29 Å². The third-order valence-electron chi connectivity index (χ3n) is 3.68. The summed E-state index contributed by atoms with van der Waals surface area (Å²) in [5.41, 5.74) is 4.32. The zero-order chi connectivity index (χ0) is 14.5. The highest BCUT2D eigenvalue weighted by molar-refractivity contribution is 5.77. The summed E-state index contributed by atoms with van der Waals surface area (Å²) in [4.78, 5) is 11.7. The molecule has 3 aromatic carbocycles. The van der Waals surface area contributed by atoms with E-state index in [9.17, 15) is 4.79 Å². The Morgan fingerprint density at radius 3 is 1.90 bits per heavy atom. The molecule has 0 fully saturated rings. The fraction of sp³-hybridized carbons (Fsp3) is 0.0500. The van der Waals surface area contributed by atoms with Crippen LogP contribution in [0.15, 0.2) is 84.9 Å². The van der Waals surface area contributed by atoms with Crippen molar-refractivity contribution in [2.75, 3.05) is 0 Å². The first-order valence-electron chi connectivity index (χ1n) is 7.05. The summed E-state index contributed by atoms with van der Waals surface area (Å²) in [6, 6.07) is 28.2. The second kappa shape index (κ2) is 6.19. The molecule has 21 heavy (non-hydrogen) atoms. The number of carbonyl (C=O) groups excluding carboxylic acids is 1. The summed E-state index contributed by atoms with van der Waals surface area (Å²) < 4.78 is 0. The highest BCUT2D eigenvalue weighted by Gasteiger charge is 2.16. The minimum atomic E-state index is -0.234. The van der Waals surface area contributed by atoms with Gasteiger partial charge in [-0.25, -0.2) is 0 Å². The molecule has 0 aliphatic heterocycles. The van der Waals surface area contributed by atoms with E-state index in [4.69, 9.17) is 0 Å². The van der Waals surface area contributed by atoms with Crippen LogP contribution in [0.3, 0.4) is 0 Å². The summed E-state index contributed by atoms with van der Waals surface area (Å²) in [5, 5.41) is 0. The summed E-state index contributed by atoms with van der Waals surface area (Å²) in [6.07, 6.45) is 1.02. The van der Waals surface area contributed by atoms with E-state index < -0.39 is 0 Å². The zero-order valence-corrected chi connectivity index (χ0v) is 11.6. The molecule has 0 amide bonds. The highest BCUT2D eigenvalue weighted by atomic mass is 16.1. The van der Waals surface area contributed by atoms with Crippen LogP contribution in [-0.2, 0) is 4.79 Å². The van der Waals surface area contributed by atoms with Gasteiger partial charge in [0.1, 0.15) is 6.29 Å². The Morgan fingerprint density at radius 1 is 0.667 bits per heavy atom. The van der Waals surface area contributed by atoms with Gasteiger partial charge in [0.2, 0.25) is 0 Å². The zero-order valence-electron chi connectivity index (χ0n) is 11.6. The van der Waals surface area contributed by atoms with Crippen LogP contribution < -0.4 is 0 Å². The molecule has 3 aromatic rings. The maximum atomic E-state index is 11.7. The number of hydrogen-bond donors (Lipinski definition) is 0. The molecule has 0 bridgehead atoms.